The van der Waals surface area contributed by atoms with Crippen LogP contribution in [0.2, 0.25) is 5.02 Å². The van der Waals surface area contributed by atoms with Crippen molar-refractivity contribution in [3.05, 3.63) is 63.7 Å². The molecule has 3 aromatic rings. The highest BCUT2D eigenvalue weighted by molar-refractivity contribution is 7.09. The molecule has 1 amide bonds. The third-order valence-electron chi connectivity index (χ3n) is 5.06. The Morgan fingerprint density at radius 3 is 3.04 bits per heavy atom. The van der Waals surface area contributed by atoms with Gasteiger partial charge in [0, 0.05) is 22.0 Å². The van der Waals surface area contributed by atoms with Crippen molar-refractivity contribution in [1.82, 2.24) is 20.2 Å². The van der Waals surface area contributed by atoms with Crippen molar-refractivity contribution in [2.45, 2.75) is 25.3 Å². The van der Waals surface area contributed by atoms with E-state index in [0.717, 1.165) is 42.9 Å². The van der Waals surface area contributed by atoms with Crippen molar-refractivity contribution >= 4 is 28.8 Å². The number of H-pyrrole nitrogens is 1. The molecule has 0 bridgehead atoms. The van der Waals surface area contributed by atoms with E-state index in [9.17, 15) is 4.79 Å². The smallest absolute Gasteiger partial charge is 0.234 e. The van der Waals surface area contributed by atoms with Crippen LogP contribution < -0.4 is 5.32 Å². The first kappa shape index (κ1) is 19.2. The number of imidazole rings is 1. The van der Waals surface area contributed by atoms with Crippen LogP contribution in [0, 0.1) is 0 Å². The summed E-state index contributed by atoms with van der Waals surface area (Å²) in [4.78, 5) is 23.9. The number of carbonyl (C=O) groups is 1. The van der Waals surface area contributed by atoms with E-state index in [0.29, 0.717) is 18.1 Å². The van der Waals surface area contributed by atoms with Crippen LogP contribution in [0.25, 0.3) is 11.3 Å². The number of thiophene rings is 1. The first-order valence-electron chi connectivity index (χ1n) is 9.53. The van der Waals surface area contributed by atoms with Crippen molar-refractivity contribution in [3.63, 3.8) is 0 Å². The second-order valence-electron chi connectivity index (χ2n) is 6.97. The molecule has 146 valence electrons. The van der Waals surface area contributed by atoms with Gasteiger partial charge in [0.2, 0.25) is 5.91 Å². The minimum atomic E-state index is 0.0707. The molecule has 2 N–H and O–H groups in total. The molecule has 1 aromatic carbocycles. The van der Waals surface area contributed by atoms with Gasteiger partial charge in [-0.25, -0.2) is 4.98 Å². The normalized spacial score (nSPS) is 17.1. The van der Waals surface area contributed by atoms with Crippen molar-refractivity contribution in [2.75, 3.05) is 19.6 Å². The number of aromatic amines is 1. The Bertz CT molecular complexity index is 924. The zero-order valence-electron chi connectivity index (χ0n) is 15.5. The summed E-state index contributed by atoms with van der Waals surface area (Å²) in [5.74, 6) is 0.972. The number of likely N-dealkylation sites (tertiary alicyclic amines) is 1. The standard InChI is InChI=1S/C21H23ClN4OS/c22-17-7-2-1-6-16(17)18-13-24-21(25-18)19-8-3-11-26(19)14-20(27)23-10-9-15-5-4-12-28-15/h1-2,4-7,12-13,19H,3,8-11,14H2,(H,23,27)(H,24,25). The van der Waals surface area contributed by atoms with E-state index in [1.165, 1.54) is 4.88 Å². The Morgan fingerprint density at radius 2 is 2.21 bits per heavy atom. The predicted octanol–water partition coefficient (Wildman–Crippen LogP) is 4.29. The number of hydrogen-bond donors (Lipinski definition) is 2. The molecular formula is C21H23ClN4OS. The molecule has 5 nitrogen and oxygen atoms in total. The number of carbonyl (C=O) groups excluding carboxylic acids is 1. The van der Waals surface area contributed by atoms with E-state index in [1.54, 1.807) is 11.3 Å². The molecule has 1 atom stereocenters. The Morgan fingerprint density at radius 1 is 1.32 bits per heavy atom. The molecule has 1 aliphatic rings. The fourth-order valence-corrected chi connectivity index (χ4v) is 4.61. The molecule has 1 saturated heterocycles. The minimum Gasteiger partial charge on any atom is -0.355 e. The van der Waals surface area contributed by atoms with Gasteiger partial charge in [0.25, 0.3) is 0 Å². The topological polar surface area (TPSA) is 61.0 Å². The van der Waals surface area contributed by atoms with Gasteiger partial charge in [-0.1, -0.05) is 35.9 Å². The summed E-state index contributed by atoms with van der Waals surface area (Å²) in [7, 11) is 0. The van der Waals surface area contributed by atoms with Gasteiger partial charge < -0.3 is 10.3 Å². The Labute approximate surface area is 173 Å². The van der Waals surface area contributed by atoms with E-state index >= 15 is 0 Å². The maximum Gasteiger partial charge on any atom is 0.234 e. The van der Waals surface area contributed by atoms with Crippen LogP contribution in [0.15, 0.2) is 48.0 Å². The number of hydrogen-bond acceptors (Lipinski definition) is 4. The number of benzene rings is 1. The Kier molecular flexibility index (Phi) is 6.10. The number of amides is 1. The lowest BCUT2D eigenvalue weighted by Gasteiger charge is -2.22. The quantitative estimate of drug-likeness (QED) is 0.606. The second kappa shape index (κ2) is 8.90. The highest BCUT2D eigenvalue weighted by Gasteiger charge is 2.29. The third-order valence-corrected chi connectivity index (χ3v) is 6.32. The van der Waals surface area contributed by atoms with E-state index in [1.807, 2.05) is 36.5 Å². The second-order valence-corrected chi connectivity index (χ2v) is 8.41. The van der Waals surface area contributed by atoms with Crippen molar-refractivity contribution in [1.29, 1.82) is 0 Å². The molecule has 0 spiro atoms. The number of aromatic nitrogens is 2. The molecule has 3 heterocycles. The maximum atomic E-state index is 12.4. The average molecular weight is 415 g/mol. The Balaban J connectivity index is 1.36. The van der Waals surface area contributed by atoms with Crippen LogP contribution in [0.1, 0.15) is 29.6 Å². The van der Waals surface area contributed by atoms with E-state index in [4.69, 9.17) is 11.6 Å². The molecule has 0 radical (unpaired) electrons. The lowest BCUT2D eigenvalue weighted by molar-refractivity contribution is -0.122. The van der Waals surface area contributed by atoms with Gasteiger partial charge >= 0.3 is 0 Å². The average Bonchev–Trinajstić information content (AvgIpc) is 3.43. The van der Waals surface area contributed by atoms with Crippen LogP contribution in [-0.4, -0.2) is 40.4 Å². The summed E-state index contributed by atoms with van der Waals surface area (Å²) in [5.41, 5.74) is 1.85. The van der Waals surface area contributed by atoms with E-state index in [-0.39, 0.29) is 11.9 Å². The molecule has 1 aliphatic heterocycles. The zero-order valence-corrected chi connectivity index (χ0v) is 17.1. The predicted molar refractivity (Wildman–Crippen MR) is 114 cm³/mol. The lowest BCUT2D eigenvalue weighted by Crippen LogP contribution is -2.37. The number of halogens is 1. The monoisotopic (exact) mass is 414 g/mol. The SMILES string of the molecule is O=C(CN1CCCC1c1ncc(-c2ccccc2Cl)[nH]1)NCCc1cccs1. The molecule has 7 heteroatoms. The summed E-state index contributed by atoms with van der Waals surface area (Å²) in [5, 5.41) is 5.80. The molecule has 2 aromatic heterocycles. The van der Waals surface area contributed by atoms with Crippen LogP contribution in [0.3, 0.4) is 0 Å². The van der Waals surface area contributed by atoms with Crippen LogP contribution in [0.5, 0.6) is 0 Å². The summed E-state index contributed by atoms with van der Waals surface area (Å²) in [6.45, 7) is 1.98. The van der Waals surface area contributed by atoms with Crippen LogP contribution in [0.4, 0.5) is 0 Å². The van der Waals surface area contributed by atoms with Gasteiger partial charge in [-0.3, -0.25) is 9.69 Å². The van der Waals surface area contributed by atoms with Crippen LogP contribution >= 0.6 is 22.9 Å². The minimum absolute atomic E-state index is 0.0707. The molecule has 0 aliphatic carbocycles. The summed E-state index contributed by atoms with van der Waals surface area (Å²) in [6.07, 6.45) is 4.77. The van der Waals surface area contributed by atoms with Gasteiger partial charge in [-0.05, 0) is 43.3 Å². The summed E-state index contributed by atoms with van der Waals surface area (Å²) >= 11 is 8.02. The highest BCUT2D eigenvalue weighted by Crippen LogP contribution is 2.32. The third kappa shape index (κ3) is 4.46. The zero-order chi connectivity index (χ0) is 19.3. The van der Waals surface area contributed by atoms with Crippen molar-refractivity contribution < 1.29 is 4.79 Å². The van der Waals surface area contributed by atoms with Gasteiger partial charge in [0.05, 0.1) is 24.5 Å². The lowest BCUT2D eigenvalue weighted by atomic mass is 10.2. The van der Waals surface area contributed by atoms with E-state index in [2.05, 4.69) is 31.6 Å². The van der Waals surface area contributed by atoms with Gasteiger partial charge in [0.1, 0.15) is 5.82 Å². The fourth-order valence-electron chi connectivity index (χ4n) is 3.67. The van der Waals surface area contributed by atoms with E-state index < -0.39 is 0 Å². The molecule has 1 unspecified atom stereocenters. The van der Waals surface area contributed by atoms with Gasteiger partial charge in [0.15, 0.2) is 0 Å². The molecular weight excluding hydrogens is 392 g/mol. The maximum absolute atomic E-state index is 12.4. The Hall–Kier alpha value is -2.15. The van der Waals surface area contributed by atoms with Gasteiger partial charge in [-0.15, -0.1) is 11.3 Å². The van der Waals surface area contributed by atoms with Gasteiger partial charge in [-0.2, -0.15) is 0 Å². The summed E-state index contributed by atoms with van der Waals surface area (Å²) < 4.78 is 0. The summed E-state index contributed by atoms with van der Waals surface area (Å²) in [6, 6.07) is 12.0. The molecule has 28 heavy (non-hydrogen) atoms. The first-order chi connectivity index (χ1) is 13.7. The highest BCUT2D eigenvalue weighted by atomic mass is 35.5. The van der Waals surface area contributed by atoms with Crippen molar-refractivity contribution in [2.24, 2.45) is 0 Å². The number of nitrogens with one attached hydrogen (secondary N) is 2. The number of rotatable bonds is 7. The largest absolute Gasteiger partial charge is 0.355 e. The number of nitrogens with zero attached hydrogens (tertiary/aromatic N) is 2. The first-order valence-corrected chi connectivity index (χ1v) is 10.8. The van der Waals surface area contributed by atoms with Crippen LogP contribution in [-0.2, 0) is 11.2 Å². The molecule has 0 saturated carbocycles. The molecule has 1 fully saturated rings. The fraction of sp³-hybridized carbons (Fsp3) is 0.333. The molecule has 4 rings (SSSR count). The van der Waals surface area contributed by atoms with Crippen molar-refractivity contribution in [3.8, 4) is 11.3 Å².